The number of benzene rings is 2. The zero-order chi connectivity index (χ0) is 22.1. The predicted octanol–water partition coefficient (Wildman–Crippen LogP) is 3.98. The molecule has 0 bridgehead atoms. The lowest BCUT2D eigenvalue weighted by Crippen LogP contribution is -2.33. The molecule has 0 aliphatic carbocycles. The van der Waals surface area contributed by atoms with Gasteiger partial charge in [0.1, 0.15) is 6.17 Å². The Hall–Kier alpha value is -2.45. The quantitative estimate of drug-likeness (QED) is 0.590. The molecule has 0 aromatic heterocycles. The zero-order valence-electron chi connectivity index (χ0n) is 17.5. The van der Waals surface area contributed by atoms with E-state index >= 15 is 0 Å². The van der Waals surface area contributed by atoms with Crippen LogP contribution in [-0.2, 0) is 21.2 Å². The zero-order valence-corrected chi connectivity index (χ0v) is 18.3. The summed E-state index contributed by atoms with van der Waals surface area (Å²) >= 11 is 0. The molecule has 8 heteroatoms. The number of alkyl halides is 1. The van der Waals surface area contributed by atoms with Gasteiger partial charge >= 0.3 is 6.09 Å². The Morgan fingerprint density at radius 2 is 1.60 bits per heavy atom. The van der Waals surface area contributed by atoms with E-state index in [1.54, 1.807) is 32.9 Å². The molecule has 0 saturated carbocycles. The molecule has 2 N–H and O–H groups in total. The molecule has 0 fully saturated rings. The minimum Gasteiger partial charge on any atom is -0.450 e. The smallest absolute Gasteiger partial charge is 0.407 e. The SMILES string of the molecule is CCOC(=O)NCCc1ccc(-c2ccc(C(F)CNS(=O)(=O)C(C)C)cc2)cc1. The summed E-state index contributed by atoms with van der Waals surface area (Å²) in [6.07, 6.45) is -1.15. The van der Waals surface area contributed by atoms with E-state index in [0.717, 1.165) is 16.7 Å². The first-order valence-corrected chi connectivity index (χ1v) is 11.5. The third-order valence-corrected chi connectivity index (χ3v) is 6.41. The maximum Gasteiger partial charge on any atom is 0.407 e. The topological polar surface area (TPSA) is 84.5 Å². The van der Waals surface area contributed by atoms with Crippen LogP contribution in [0.1, 0.15) is 38.1 Å². The van der Waals surface area contributed by atoms with Crippen molar-refractivity contribution in [3.8, 4) is 11.1 Å². The van der Waals surface area contributed by atoms with Crippen LogP contribution in [0.2, 0.25) is 0 Å². The Bertz CT molecular complexity index is 913. The molecule has 0 heterocycles. The number of halogens is 1. The van der Waals surface area contributed by atoms with Crippen LogP contribution in [0.5, 0.6) is 0 Å². The van der Waals surface area contributed by atoms with Crippen LogP contribution >= 0.6 is 0 Å². The molecule has 2 aromatic rings. The van der Waals surface area contributed by atoms with Crippen molar-refractivity contribution in [3.05, 3.63) is 59.7 Å². The molecule has 1 unspecified atom stereocenters. The highest BCUT2D eigenvalue weighted by atomic mass is 32.2. The number of carbonyl (C=O) groups is 1. The van der Waals surface area contributed by atoms with Crippen molar-refractivity contribution in [2.75, 3.05) is 19.7 Å². The Morgan fingerprint density at radius 3 is 2.13 bits per heavy atom. The maximum atomic E-state index is 14.4. The summed E-state index contributed by atoms with van der Waals surface area (Å²) in [5, 5.41) is 2.08. The fourth-order valence-corrected chi connectivity index (χ4v) is 3.43. The second-order valence-electron chi connectivity index (χ2n) is 7.13. The molecule has 0 aliphatic heterocycles. The highest BCUT2D eigenvalue weighted by molar-refractivity contribution is 7.90. The van der Waals surface area contributed by atoms with Gasteiger partial charge < -0.3 is 10.1 Å². The van der Waals surface area contributed by atoms with Crippen molar-refractivity contribution in [1.82, 2.24) is 10.0 Å². The molecule has 30 heavy (non-hydrogen) atoms. The van der Waals surface area contributed by atoms with Gasteiger partial charge in [0.25, 0.3) is 0 Å². The molecule has 164 valence electrons. The average molecular weight is 437 g/mol. The van der Waals surface area contributed by atoms with Gasteiger partial charge in [-0.25, -0.2) is 22.3 Å². The summed E-state index contributed by atoms with van der Waals surface area (Å²) in [5.41, 5.74) is 3.42. The monoisotopic (exact) mass is 436 g/mol. The molecule has 0 aliphatic rings. The lowest BCUT2D eigenvalue weighted by Gasteiger charge is -2.13. The number of ether oxygens (including phenoxy) is 1. The molecular weight excluding hydrogens is 407 g/mol. The van der Waals surface area contributed by atoms with Crippen molar-refractivity contribution in [1.29, 1.82) is 0 Å². The minimum absolute atomic E-state index is 0.283. The van der Waals surface area contributed by atoms with Crippen LogP contribution in [0.3, 0.4) is 0 Å². The van der Waals surface area contributed by atoms with Crippen LogP contribution < -0.4 is 10.0 Å². The molecule has 2 aromatic carbocycles. The second kappa shape index (κ2) is 11.1. The summed E-state index contributed by atoms with van der Waals surface area (Å²) in [4.78, 5) is 11.3. The largest absolute Gasteiger partial charge is 0.450 e. The van der Waals surface area contributed by atoms with Gasteiger partial charge in [0.2, 0.25) is 10.0 Å². The summed E-state index contributed by atoms with van der Waals surface area (Å²) in [7, 11) is -3.49. The number of hydrogen-bond donors (Lipinski definition) is 2. The third-order valence-electron chi connectivity index (χ3n) is 4.60. The number of hydrogen-bond acceptors (Lipinski definition) is 4. The summed E-state index contributed by atoms with van der Waals surface area (Å²) in [6, 6.07) is 14.9. The number of alkyl carbamates (subject to hydrolysis) is 1. The fourth-order valence-electron chi connectivity index (χ4n) is 2.71. The highest BCUT2D eigenvalue weighted by Crippen LogP contribution is 2.24. The van der Waals surface area contributed by atoms with Gasteiger partial charge in [-0.05, 0) is 49.4 Å². The third kappa shape index (κ3) is 7.11. The van der Waals surface area contributed by atoms with E-state index in [0.29, 0.717) is 25.1 Å². The lowest BCUT2D eigenvalue weighted by molar-refractivity contribution is 0.152. The van der Waals surface area contributed by atoms with Gasteiger partial charge in [0.15, 0.2) is 0 Å². The van der Waals surface area contributed by atoms with Crippen LogP contribution in [-0.4, -0.2) is 39.5 Å². The molecule has 2 rings (SSSR count). The molecule has 0 radical (unpaired) electrons. The second-order valence-corrected chi connectivity index (χ2v) is 9.45. The fraction of sp³-hybridized carbons (Fsp3) is 0.409. The first kappa shape index (κ1) is 23.8. The normalized spacial score (nSPS) is 12.6. The van der Waals surface area contributed by atoms with Gasteiger partial charge in [0.05, 0.1) is 11.9 Å². The van der Waals surface area contributed by atoms with E-state index < -0.39 is 27.5 Å². The summed E-state index contributed by atoms with van der Waals surface area (Å²) < 4.78 is 45.0. The standard InChI is InChI=1S/C22H29FN2O4S/c1-4-29-22(26)24-14-13-17-5-7-18(8-6-17)19-9-11-20(12-10-19)21(23)15-25-30(27,28)16(2)3/h5-12,16,21,25H,4,13-15H2,1-3H3,(H,24,26). The van der Waals surface area contributed by atoms with Gasteiger partial charge in [-0.3, -0.25) is 0 Å². The van der Waals surface area contributed by atoms with Crippen molar-refractivity contribution in [2.45, 2.75) is 38.6 Å². The predicted molar refractivity (Wildman–Crippen MR) is 117 cm³/mol. The molecular formula is C22H29FN2O4S. The van der Waals surface area contributed by atoms with Crippen molar-refractivity contribution < 1.29 is 22.3 Å². The molecule has 1 atom stereocenters. The van der Waals surface area contributed by atoms with Gasteiger partial charge in [0, 0.05) is 13.1 Å². The van der Waals surface area contributed by atoms with Gasteiger partial charge in [-0.15, -0.1) is 0 Å². The van der Waals surface area contributed by atoms with E-state index in [1.165, 1.54) is 0 Å². The number of amides is 1. The van der Waals surface area contributed by atoms with E-state index in [2.05, 4.69) is 10.0 Å². The van der Waals surface area contributed by atoms with E-state index in [4.69, 9.17) is 4.74 Å². The number of rotatable bonds is 10. The van der Waals surface area contributed by atoms with Crippen LogP contribution in [0.25, 0.3) is 11.1 Å². The van der Waals surface area contributed by atoms with E-state index in [-0.39, 0.29) is 6.54 Å². The van der Waals surface area contributed by atoms with Crippen molar-refractivity contribution in [2.24, 2.45) is 0 Å². The first-order valence-electron chi connectivity index (χ1n) is 9.95. The lowest BCUT2D eigenvalue weighted by atomic mass is 10.0. The van der Waals surface area contributed by atoms with Crippen LogP contribution in [0.15, 0.2) is 48.5 Å². The molecule has 0 saturated heterocycles. The Kier molecular flexibility index (Phi) is 8.80. The Balaban J connectivity index is 1.92. The highest BCUT2D eigenvalue weighted by Gasteiger charge is 2.18. The summed E-state index contributed by atoms with van der Waals surface area (Å²) in [6.45, 7) is 5.40. The number of nitrogens with one attached hydrogen (secondary N) is 2. The summed E-state index contributed by atoms with van der Waals surface area (Å²) in [5.74, 6) is 0. The van der Waals surface area contributed by atoms with E-state index in [9.17, 15) is 17.6 Å². The van der Waals surface area contributed by atoms with Crippen LogP contribution in [0, 0.1) is 0 Å². The van der Waals surface area contributed by atoms with E-state index in [1.807, 2.05) is 36.4 Å². The van der Waals surface area contributed by atoms with Crippen molar-refractivity contribution >= 4 is 16.1 Å². The minimum atomic E-state index is -3.49. The van der Waals surface area contributed by atoms with Crippen molar-refractivity contribution in [3.63, 3.8) is 0 Å². The maximum absolute atomic E-state index is 14.4. The Labute approximate surface area is 177 Å². The Morgan fingerprint density at radius 1 is 1.03 bits per heavy atom. The number of carbonyl (C=O) groups excluding carboxylic acids is 1. The van der Waals surface area contributed by atoms with Gasteiger partial charge in [-0.2, -0.15) is 0 Å². The van der Waals surface area contributed by atoms with Crippen LogP contribution in [0.4, 0.5) is 9.18 Å². The first-order chi connectivity index (χ1) is 14.2. The molecule has 0 spiro atoms. The average Bonchev–Trinajstić information content (AvgIpc) is 2.73. The molecule has 6 nitrogen and oxygen atoms in total. The molecule has 1 amide bonds. The van der Waals surface area contributed by atoms with Gasteiger partial charge in [-0.1, -0.05) is 48.5 Å². The number of sulfonamides is 1.